The maximum absolute atomic E-state index is 12.4. The molecule has 1 aliphatic rings. The van der Waals surface area contributed by atoms with Crippen molar-refractivity contribution in [2.45, 2.75) is 44.9 Å². The second kappa shape index (κ2) is 14.3. The summed E-state index contributed by atoms with van der Waals surface area (Å²) in [4.78, 5) is 14.3. The first-order chi connectivity index (χ1) is 13.7. The predicted octanol–water partition coefficient (Wildman–Crippen LogP) is 3.93. The van der Waals surface area contributed by atoms with E-state index in [1.54, 1.807) is 0 Å². The molecule has 7 heteroatoms. The highest BCUT2D eigenvalue weighted by molar-refractivity contribution is 5.85. The van der Waals surface area contributed by atoms with Crippen LogP contribution in [0.4, 0.5) is 0 Å². The largest absolute Gasteiger partial charge is 0.489 e. The molecule has 0 radical (unpaired) electrons. The summed E-state index contributed by atoms with van der Waals surface area (Å²) in [5.41, 5.74) is 8.37. The third-order valence-electron chi connectivity index (χ3n) is 5.14. The van der Waals surface area contributed by atoms with E-state index in [4.69, 9.17) is 10.5 Å². The zero-order chi connectivity index (χ0) is 19.6. The standard InChI is InChI=1S/C23H31N3O2.2ClH/c24-21(23(27)26-15-7-2-8-16-26)13-14-25-17-20-11-5-6-12-22(20)28-18-19-9-3-1-4-10-19;;/h1,3-6,9-12,21,25H,2,7-8,13-18,24H2;2*1H/t21-;;/m0../s1. The molecule has 5 nitrogen and oxygen atoms in total. The SMILES string of the molecule is Cl.Cl.N[C@@H](CCNCc1ccccc1OCc1ccccc1)C(=O)N1CCCCC1. The number of ether oxygens (including phenoxy) is 1. The van der Waals surface area contributed by atoms with Crippen molar-refractivity contribution in [2.24, 2.45) is 5.73 Å². The average Bonchev–Trinajstić information content (AvgIpc) is 2.76. The number of nitrogens with zero attached hydrogens (tertiary/aromatic N) is 1. The van der Waals surface area contributed by atoms with Crippen LogP contribution in [0.5, 0.6) is 5.75 Å². The van der Waals surface area contributed by atoms with Gasteiger partial charge in [-0.25, -0.2) is 0 Å². The molecule has 1 atom stereocenters. The third-order valence-corrected chi connectivity index (χ3v) is 5.14. The van der Waals surface area contributed by atoms with E-state index in [-0.39, 0.29) is 30.7 Å². The van der Waals surface area contributed by atoms with Gasteiger partial charge in [0.15, 0.2) is 0 Å². The quantitative estimate of drug-likeness (QED) is 0.564. The molecule has 0 unspecified atom stereocenters. The van der Waals surface area contributed by atoms with E-state index in [1.807, 2.05) is 41.3 Å². The van der Waals surface area contributed by atoms with E-state index in [0.29, 0.717) is 26.1 Å². The van der Waals surface area contributed by atoms with Gasteiger partial charge >= 0.3 is 0 Å². The highest BCUT2D eigenvalue weighted by atomic mass is 35.5. The molecule has 166 valence electrons. The Morgan fingerprint density at radius 3 is 2.40 bits per heavy atom. The van der Waals surface area contributed by atoms with E-state index in [1.165, 1.54) is 6.42 Å². The number of likely N-dealkylation sites (tertiary alicyclic amines) is 1. The van der Waals surface area contributed by atoms with E-state index >= 15 is 0 Å². The van der Waals surface area contributed by atoms with Gasteiger partial charge < -0.3 is 20.7 Å². The number of nitrogens with two attached hydrogens (primary N) is 1. The number of hydrogen-bond acceptors (Lipinski definition) is 4. The number of nitrogens with one attached hydrogen (secondary N) is 1. The Labute approximate surface area is 192 Å². The molecule has 0 aliphatic carbocycles. The van der Waals surface area contributed by atoms with Crippen molar-refractivity contribution in [1.29, 1.82) is 0 Å². The van der Waals surface area contributed by atoms with Crippen molar-refractivity contribution in [1.82, 2.24) is 10.2 Å². The number of para-hydroxylation sites is 1. The summed E-state index contributed by atoms with van der Waals surface area (Å²) in [6.07, 6.45) is 4.04. The minimum Gasteiger partial charge on any atom is -0.489 e. The summed E-state index contributed by atoms with van der Waals surface area (Å²) < 4.78 is 5.99. The van der Waals surface area contributed by atoms with Gasteiger partial charge in [0.2, 0.25) is 5.91 Å². The van der Waals surface area contributed by atoms with E-state index < -0.39 is 6.04 Å². The number of benzene rings is 2. The molecule has 1 amide bonds. The van der Waals surface area contributed by atoms with Crippen LogP contribution in [0.25, 0.3) is 0 Å². The average molecular weight is 454 g/mol. The Bertz CT molecular complexity index is 740. The van der Waals surface area contributed by atoms with Gasteiger partial charge in [0, 0.05) is 25.2 Å². The van der Waals surface area contributed by atoms with Crippen molar-refractivity contribution in [3.8, 4) is 5.75 Å². The first kappa shape index (κ1) is 26.2. The Balaban J connectivity index is 0.00000225. The van der Waals surface area contributed by atoms with Crippen molar-refractivity contribution >= 4 is 30.7 Å². The van der Waals surface area contributed by atoms with Gasteiger partial charge in [0.1, 0.15) is 12.4 Å². The summed E-state index contributed by atoms with van der Waals surface area (Å²) in [7, 11) is 0. The van der Waals surface area contributed by atoms with Gasteiger partial charge in [-0.05, 0) is 43.9 Å². The molecule has 1 aliphatic heterocycles. The van der Waals surface area contributed by atoms with Gasteiger partial charge in [-0.1, -0.05) is 48.5 Å². The molecular formula is C23H33Cl2N3O2. The zero-order valence-electron chi connectivity index (χ0n) is 17.3. The summed E-state index contributed by atoms with van der Waals surface area (Å²) in [5.74, 6) is 0.973. The molecule has 3 N–H and O–H groups in total. The lowest BCUT2D eigenvalue weighted by molar-refractivity contribution is -0.133. The molecule has 0 spiro atoms. The summed E-state index contributed by atoms with van der Waals surface area (Å²) in [6, 6.07) is 17.8. The molecule has 30 heavy (non-hydrogen) atoms. The van der Waals surface area contributed by atoms with Crippen molar-refractivity contribution in [2.75, 3.05) is 19.6 Å². The van der Waals surface area contributed by atoms with Gasteiger partial charge in [-0.3, -0.25) is 4.79 Å². The van der Waals surface area contributed by atoms with Crippen molar-refractivity contribution in [3.05, 3.63) is 65.7 Å². The normalized spacial score (nSPS) is 14.2. The fourth-order valence-electron chi connectivity index (χ4n) is 3.48. The summed E-state index contributed by atoms with van der Waals surface area (Å²) in [5, 5.41) is 3.40. The molecule has 1 fully saturated rings. The van der Waals surface area contributed by atoms with Crippen LogP contribution >= 0.6 is 24.8 Å². The lowest BCUT2D eigenvalue weighted by atomic mass is 10.1. The lowest BCUT2D eigenvalue weighted by Gasteiger charge is -2.29. The van der Waals surface area contributed by atoms with Crippen LogP contribution < -0.4 is 15.8 Å². The van der Waals surface area contributed by atoms with Crippen molar-refractivity contribution in [3.63, 3.8) is 0 Å². The third kappa shape index (κ3) is 8.15. The second-order valence-electron chi connectivity index (χ2n) is 7.34. The topological polar surface area (TPSA) is 67.6 Å². The minimum atomic E-state index is -0.421. The number of amides is 1. The first-order valence-electron chi connectivity index (χ1n) is 10.2. The fraction of sp³-hybridized carbons (Fsp3) is 0.435. The predicted molar refractivity (Wildman–Crippen MR) is 126 cm³/mol. The first-order valence-corrected chi connectivity index (χ1v) is 10.2. The van der Waals surface area contributed by atoms with E-state index in [2.05, 4.69) is 23.5 Å². The number of rotatable bonds is 9. The molecule has 1 saturated heterocycles. The number of carbonyl (C=O) groups excluding carboxylic acids is 1. The molecule has 2 aromatic rings. The lowest BCUT2D eigenvalue weighted by Crippen LogP contribution is -2.46. The molecule has 3 rings (SSSR count). The second-order valence-corrected chi connectivity index (χ2v) is 7.34. The van der Waals surface area contributed by atoms with E-state index in [0.717, 1.165) is 42.8 Å². The highest BCUT2D eigenvalue weighted by Crippen LogP contribution is 2.19. The Morgan fingerprint density at radius 2 is 1.67 bits per heavy atom. The minimum absolute atomic E-state index is 0. The molecular weight excluding hydrogens is 421 g/mol. The number of carbonyl (C=O) groups is 1. The molecule has 2 aromatic carbocycles. The molecule has 0 bridgehead atoms. The highest BCUT2D eigenvalue weighted by Gasteiger charge is 2.22. The Hall–Kier alpha value is -1.79. The summed E-state index contributed by atoms with van der Waals surface area (Å²) in [6.45, 7) is 3.65. The molecule has 0 aromatic heterocycles. The van der Waals surface area contributed by atoms with Crippen LogP contribution in [0.15, 0.2) is 54.6 Å². The van der Waals surface area contributed by atoms with Crippen LogP contribution in [0.1, 0.15) is 36.8 Å². The molecule has 1 heterocycles. The maximum atomic E-state index is 12.4. The van der Waals surface area contributed by atoms with Crippen LogP contribution in [-0.4, -0.2) is 36.5 Å². The van der Waals surface area contributed by atoms with E-state index in [9.17, 15) is 4.79 Å². The van der Waals surface area contributed by atoms with Crippen LogP contribution in [0.2, 0.25) is 0 Å². The van der Waals surface area contributed by atoms with Gasteiger partial charge in [-0.2, -0.15) is 0 Å². The summed E-state index contributed by atoms with van der Waals surface area (Å²) >= 11 is 0. The Kier molecular flexibility index (Phi) is 12.5. The number of hydrogen-bond donors (Lipinski definition) is 2. The van der Waals surface area contributed by atoms with Crippen LogP contribution in [-0.2, 0) is 17.9 Å². The van der Waals surface area contributed by atoms with Gasteiger partial charge in [0.05, 0.1) is 6.04 Å². The van der Waals surface area contributed by atoms with Gasteiger partial charge in [0.25, 0.3) is 0 Å². The maximum Gasteiger partial charge on any atom is 0.239 e. The monoisotopic (exact) mass is 453 g/mol. The Morgan fingerprint density at radius 1 is 1.00 bits per heavy atom. The molecule has 0 saturated carbocycles. The van der Waals surface area contributed by atoms with Crippen LogP contribution in [0, 0.1) is 0 Å². The van der Waals surface area contributed by atoms with Crippen LogP contribution in [0.3, 0.4) is 0 Å². The fourth-order valence-corrected chi connectivity index (χ4v) is 3.48. The van der Waals surface area contributed by atoms with Gasteiger partial charge in [-0.15, -0.1) is 24.8 Å². The zero-order valence-corrected chi connectivity index (χ0v) is 18.9. The van der Waals surface area contributed by atoms with Crippen molar-refractivity contribution < 1.29 is 9.53 Å². The smallest absolute Gasteiger partial charge is 0.239 e. The number of piperidine rings is 1. The number of halogens is 2.